The minimum absolute atomic E-state index is 0.00575. The molecule has 8 aromatic carbocycles. The smallest absolute Gasteiger partial charge is 0.282 e. The molecule has 0 fully saturated rings. The van der Waals surface area contributed by atoms with Crippen LogP contribution < -0.4 is 0 Å². The molecule has 0 atom stereocenters. The Kier molecular flexibility index (Phi) is 16.3. The first-order valence-electron chi connectivity index (χ1n) is 22.2. The second kappa shape index (κ2) is 23.3. The molecule has 32 heteroatoms. The van der Waals surface area contributed by atoms with E-state index in [2.05, 4.69) is 50.1 Å². The number of benzene rings is 8. The molecular formula is C48H32N8O18S6. The third kappa shape index (κ3) is 12.2. The highest BCUT2D eigenvalue weighted by molar-refractivity contribution is 7.95. The van der Waals surface area contributed by atoms with Crippen LogP contribution in [0.4, 0.5) is 11.4 Å². The molecule has 0 bridgehead atoms. The first-order chi connectivity index (χ1) is 38.4. The summed E-state index contributed by atoms with van der Waals surface area (Å²) in [5.74, 6) is 0. The van der Waals surface area contributed by atoms with Crippen molar-refractivity contribution in [2.24, 2.45) is 10.2 Å². The van der Waals surface area contributed by atoms with Gasteiger partial charge in [0.15, 0.2) is 0 Å². The van der Waals surface area contributed by atoms with Gasteiger partial charge in [-0.15, -0.1) is 33.4 Å². The average Bonchev–Trinajstić information content (AvgIpc) is 4.16. The Morgan fingerprint density at radius 1 is 0.412 bits per heavy atom. The maximum atomic E-state index is 12.8. The van der Waals surface area contributed by atoms with Crippen molar-refractivity contribution in [1.82, 2.24) is 30.0 Å². The van der Waals surface area contributed by atoms with Crippen LogP contribution in [0.5, 0.6) is 0 Å². The van der Waals surface area contributed by atoms with Crippen molar-refractivity contribution in [2.45, 2.75) is 29.4 Å². The summed E-state index contributed by atoms with van der Waals surface area (Å²) in [6.45, 7) is 0. The van der Waals surface area contributed by atoms with Crippen molar-refractivity contribution < 1.29 is 82.8 Å². The van der Waals surface area contributed by atoms with E-state index in [9.17, 15) is 38.9 Å². The normalized spacial score (nSPS) is 12.7. The quantitative estimate of drug-likeness (QED) is 0.0103. The topological polar surface area (TPSA) is 365 Å². The highest BCUT2D eigenvalue weighted by Crippen LogP contribution is 2.37. The van der Waals surface area contributed by atoms with Crippen molar-refractivity contribution in [3.63, 3.8) is 0 Å². The lowest BCUT2D eigenvalue weighted by Gasteiger charge is -2.08. The predicted molar refractivity (Wildman–Crippen MR) is 289 cm³/mol. The number of aromatic nitrogens is 6. The van der Waals surface area contributed by atoms with Gasteiger partial charge in [-0.05, 0) is 82.9 Å². The number of hydrogen-bond donors (Lipinski definition) is 6. The summed E-state index contributed by atoms with van der Waals surface area (Å²) in [5, 5.41) is 66.4. The van der Waals surface area contributed by atoms with Crippen LogP contribution in [-0.2, 0) is 58.5 Å². The zero-order valence-electron chi connectivity index (χ0n) is 39.6. The highest BCUT2D eigenvalue weighted by Gasteiger charge is 2.22. The predicted octanol–water partition coefficient (Wildman–Crippen LogP) is 11.2. The Balaban J connectivity index is 0.901. The van der Waals surface area contributed by atoms with Crippen molar-refractivity contribution >= 4 is 146 Å². The Bertz CT molecular complexity index is 4520. The molecule has 6 N–H and O–H groups in total. The lowest BCUT2D eigenvalue weighted by Crippen LogP contribution is -2.05. The van der Waals surface area contributed by atoms with Crippen LogP contribution in [0.2, 0.25) is 0 Å². The van der Waals surface area contributed by atoms with Crippen LogP contribution in [0.15, 0.2) is 173 Å². The molecule has 0 aliphatic heterocycles. The van der Waals surface area contributed by atoms with Gasteiger partial charge in [0.2, 0.25) is 0 Å². The molecule has 2 heterocycles. The fraction of sp³-hybridized carbons (Fsp3) is 0. The molecule has 0 saturated carbocycles. The Morgan fingerprint density at radius 3 is 1.38 bits per heavy atom. The van der Waals surface area contributed by atoms with Gasteiger partial charge in [0, 0.05) is 36.2 Å². The van der Waals surface area contributed by atoms with E-state index in [1.54, 1.807) is 60.7 Å². The number of azo groups is 1. The van der Waals surface area contributed by atoms with Crippen molar-refractivity contribution in [1.29, 1.82) is 0 Å². The summed E-state index contributed by atoms with van der Waals surface area (Å²) in [6.07, 6.45) is 5.68. The van der Waals surface area contributed by atoms with Gasteiger partial charge in [0.25, 0.3) is 30.4 Å². The van der Waals surface area contributed by atoms with Gasteiger partial charge in [-0.3, -0.25) is 13.7 Å². The Labute approximate surface area is 462 Å². The average molecular weight is 1200 g/mol. The first-order valence-corrected chi connectivity index (χ1v) is 28.7. The monoisotopic (exact) mass is 1200 g/mol. The van der Waals surface area contributed by atoms with Crippen LogP contribution >= 0.6 is 36.1 Å². The van der Waals surface area contributed by atoms with Gasteiger partial charge in [-0.1, -0.05) is 112 Å². The number of nitrogens with zero attached hydrogens (tertiary/aromatic N) is 8. The van der Waals surface area contributed by atoms with Crippen molar-refractivity contribution in [3.05, 3.63) is 156 Å². The van der Waals surface area contributed by atoms with Crippen molar-refractivity contribution in [2.75, 3.05) is 0 Å². The van der Waals surface area contributed by atoms with E-state index in [1.165, 1.54) is 101 Å². The van der Waals surface area contributed by atoms with E-state index >= 15 is 0 Å². The van der Waals surface area contributed by atoms with Crippen LogP contribution in [0, 0.1) is 0 Å². The van der Waals surface area contributed by atoms with E-state index in [4.69, 9.17) is 24.4 Å². The molecule has 2 aromatic heterocycles. The van der Waals surface area contributed by atoms with Crippen LogP contribution in [0.3, 0.4) is 0 Å². The van der Waals surface area contributed by atoms with Gasteiger partial charge in [-0.25, -0.2) is 15.8 Å². The SMILES string of the molecule is O=S(=O)(O)c1cc(/N=N/c2ccc(/C=C/c3ccc(-n4nc5cc(SOOO)c6ccccc6c5n4)cc3S(=O)(=O)O)c(SOOO)c2)ccc1/C=C/c1ccc(-n2nc3cc(S(=O)(=O)O)c4ccccc4c3n2)cc1SOOO. The molecule has 408 valence electrons. The third-order valence-electron chi connectivity index (χ3n) is 11.6. The third-order valence-corrected chi connectivity index (χ3v) is 16.3. The van der Waals surface area contributed by atoms with Crippen molar-refractivity contribution in [3.8, 4) is 11.4 Å². The summed E-state index contributed by atoms with van der Waals surface area (Å²) in [5.41, 5.74) is 2.74. The molecule has 10 aromatic rings. The highest BCUT2D eigenvalue weighted by atomic mass is 32.2. The zero-order chi connectivity index (χ0) is 56.3. The van der Waals surface area contributed by atoms with E-state index in [0.29, 0.717) is 78.5 Å². The summed E-state index contributed by atoms with van der Waals surface area (Å²) in [7, 11) is -14.4. The molecule has 0 spiro atoms. The summed E-state index contributed by atoms with van der Waals surface area (Å²) >= 11 is 1.82. The lowest BCUT2D eigenvalue weighted by atomic mass is 10.1. The second-order valence-electron chi connectivity index (χ2n) is 16.4. The largest absolute Gasteiger partial charge is 0.295 e. The molecule has 0 amide bonds. The molecule has 0 saturated heterocycles. The Morgan fingerprint density at radius 2 is 0.825 bits per heavy atom. The maximum absolute atomic E-state index is 12.8. The maximum Gasteiger partial charge on any atom is 0.295 e. The zero-order valence-corrected chi connectivity index (χ0v) is 44.5. The summed E-state index contributed by atoms with van der Waals surface area (Å²) in [4.78, 5) is 2.02. The van der Waals surface area contributed by atoms with Gasteiger partial charge in [-0.2, -0.15) is 45.1 Å². The fourth-order valence-corrected chi connectivity index (χ4v) is 11.8. The van der Waals surface area contributed by atoms with Crippen LogP contribution in [-0.4, -0.2) is 84.7 Å². The molecule has 0 radical (unpaired) electrons. The minimum Gasteiger partial charge on any atom is -0.282 e. The number of fused-ring (bicyclic) bond motifs is 6. The van der Waals surface area contributed by atoms with Gasteiger partial charge >= 0.3 is 0 Å². The summed E-state index contributed by atoms with van der Waals surface area (Å²) < 4.78 is 120. The van der Waals surface area contributed by atoms with E-state index < -0.39 is 40.1 Å². The molecule has 26 nitrogen and oxygen atoms in total. The van der Waals surface area contributed by atoms with E-state index in [1.807, 2.05) is 0 Å². The van der Waals surface area contributed by atoms with E-state index in [0.717, 1.165) is 18.1 Å². The molecular weight excluding hydrogens is 1170 g/mol. The standard InChI is InChI=1S/C48H32N8O18S6/c57-69-72-75-41-21-31(17-13-27(41)9-12-30-16-20-34(24-45(30)79(63,64)65)56-51-39-25-43(77-74-71-59)35-5-1-3-7-37(35)47(39)53-56)49-50-32-18-14-29(44(22-32)78(60,61)62)11-10-28-15-19-33(23-42(28)76-73-70-58)55-52-40-26-46(80(66,67)68)36-6-2-4-8-38(36)48(40)54-55/h1-26,57-59H,(H,60,61,62)(H,63,64,65)(H,66,67,68)/b11-10+,12-9+,50-49+. The molecule has 10 rings (SSSR count). The summed E-state index contributed by atoms with van der Waals surface area (Å²) in [6, 6.07) is 33.4. The Hall–Kier alpha value is -7.42. The van der Waals surface area contributed by atoms with Gasteiger partial charge < -0.3 is 0 Å². The van der Waals surface area contributed by atoms with Crippen LogP contribution in [0.1, 0.15) is 22.3 Å². The molecule has 80 heavy (non-hydrogen) atoms. The molecule has 0 aliphatic rings. The second-order valence-corrected chi connectivity index (χ2v) is 22.8. The number of hydrogen-bond acceptors (Lipinski definition) is 24. The van der Waals surface area contributed by atoms with Crippen LogP contribution in [0.25, 0.3) is 79.3 Å². The lowest BCUT2D eigenvalue weighted by molar-refractivity contribution is -0.432. The fourth-order valence-electron chi connectivity index (χ4n) is 8.18. The van der Waals surface area contributed by atoms with Gasteiger partial charge in [0.1, 0.15) is 36.8 Å². The number of rotatable bonds is 20. The van der Waals surface area contributed by atoms with Gasteiger partial charge in [0.05, 0.1) is 58.9 Å². The molecule has 0 aliphatic carbocycles. The first kappa shape index (κ1) is 55.9. The van der Waals surface area contributed by atoms with E-state index in [-0.39, 0.29) is 53.8 Å². The minimum atomic E-state index is -4.90. The molecule has 0 unspecified atom stereocenters.